The zero-order valence-electron chi connectivity index (χ0n) is 9.33. The van der Waals surface area contributed by atoms with Crippen molar-refractivity contribution in [2.45, 2.75) is 13.3 Å². The van der Waals surface area contributed by atoms with Gasteiger partial charge in [0.25, 0.3) is 5.95 Å². The molecule has 2 rings (SSSR count). The van der Waals surface area contributed by atoms with Crippen LogP contribution in [0.25, 0.3) is 5.95 Å². The molecule has 0 bridgehead atoms. The standard InChI is InChI=1S/C8H13N9/c1-2-3-11-6-13-7(16-9)15-8(14-6)17-5-10-4-12-17/h4-5H,2-3,9H2,1H3,(H2,11,13,14,15,16). The summed E-state index contributed by atoms with van der Waals surface area (Å²) in [6.45, 7) is 2.82. The van der Waals surface area contributed by atoms with Crippen molar-refractivity contribution in [3.05, 3.63) is 12.7 Å². The van der Waals surface area contributed by atoms with Crippen LogP contribution in [0.1, 0.15) is 13.3 Å². The van der Waals surface area contributed by atoms with E-state index in [2.05, 4.69) is 42.7 Å². The summed E-state index contributed by atoms with van der Waals surface area (Å²) in [5, 5.41) is 6.99. The largest absolute Gasteiger partial charge is 0.354 e. The topological polar surface area (TPSA) is 119 Å². The summed E-state index contributed by atoms with van der Waals surface area (Å²) in [6.07, 6.45) is 3.87. The maximum absolute atomic E-state index is 5.29. The maximum Gasteiger partial charge on any atom is 0.258 e. The zero-order valence-corrected chi connectivity index (χ0v) is 9.33. The van der Waals surface area contributed by atoms with E-state index in [0.29, 0.717) is 11.9 Å². The Morgan fingerprint density at radius 1 is 1.29 bits per heavy atom. The molecule has 17 heavy (non-hydrogen) atoms. The average Bonchev–Trinajstić information content (AvgIpc) is 2.89. The lowest BCUT2D eigenvalue weighted by Crippen LogP contribution is -2.16. The Hall–Kier alpha value is -2.29. The Morgan fingerprint density at radius 2 is 2.12 bits per heavy atom. The molecular weight excluding hydrogens is 222 g/mol. The van der Waals surface area contributed by atoms with Gasteiger partial charge in [0.1, 0.15) is 12.7 Å². The first-order chi connectivity index (χ1) is 8.33. The van der Waals surface area contributed by atoms with Gasteiger partial charge in [0.15, 0.2) is 0 Å². The zero-order chi connectivity index (χ0) is 12.1. The van der Waals surface area contributed by atoms with Crippen LogP contribution in [0, 0.1) is 0 Å². The lowest BCUT2D eigenvalue weighted by Gasteiger charge is -2.06. The normalized spacial score (nSPS) is 10.2. The van der Waals surface area contributed by atoms with E-state index in [1.807, 2.05) is 0 Å². The van der Waals surface area contributed by atoms with Gasteiger partial charge < -0.3 is 5.32 Å². The summed E-state index contributed by atoms with van der Waals surface area (Å²) in [7, 11) is 0. The highest BCUT2D eigenvalue weighted by Gasteiger charge is 2.07. The Morgan fingerprint density at radius 3 is 2.76 bits per heavy atom. The molecule has 2 aromatic heterocycles. The average molecular weight is 235 g/mol. The van der Waals surface area contributed by atoms with Crippen LogP contribution in [0.3, 0.4) is 0 Å². The van der Waals surface area contributed by atoms with Crippen LogP contribution >= 0.6 is 0 Å². The molecule has 0 fully saturated rings. The number of nitrogens with one attached hydrogen (secondary N) is 2. The van der Waals surface area contributed by atoms with Crippen molar-refractivity contribution in [1.29, 1.82) is 0 Å². The van der Waals surface area contributed by atoms with Gasteiger partial charge in [-0.3, -0.25) is 5.43 Å². The molecule has 0 spiro atoms. The van der Waals surface area contributed by atoms with Crippen LogP contribution in [0.15, 0.2) is 12.7 Å². The summed E-state index contributed by atoms with van der Waals surface area (Å²) in [5.41, 5.74) is 2.38. The molecule has 0 aliphatic rings. The first kappa shape index (κ1) is 11.2. The number of nitrogen functional groups attached to an aromatic ring is 1. The molecule has 0 saturated carbocycles. The van der Waals surface area contributed by atoms with Crippen molar-refractivity contribution in [3.63, 3.8) is 0 Å². The lowest BCUT2D eigenvalue weighted by molar-refractivity contribution is 0.793. The smallest absolute Gasteiger partial charge is 0.258 e. The molecule has 0 saturated heterocycles. The monoisotopic (exact) mass is 235 g/mol. The van der Waals surface area contributed by atoms with E-state index in [9.17, 15) is 0 Å². The van der Waals surface area contributed by atoms with E-state index in [0.717, 1.165) is 13.0 Å². The first-order valence-corrected chi connectivity index (χ1v) is 5.15. The second kappa shape index (κ2) is 5.16. The SMILES string of the molecule is CCCNc1nc(NN)nc(-n2cncn2)n1. The molecule has 0 amide bonds. The van der Waals surface area contributed by atoms with Gasteiger partial charge >= 0.3 is 0 Å². The molecule has 0 unspecified atom stereocenters. The van der Waals surface area contributed by atoms with Crippen LogP contribution in [-0.2, 0) is 0 Å². The first-order valence-electron chi connectivity index (χ1n) is 5.15. The minimum atomic E-state index is 0.268. The van der Waals surface area contributed by atoms with Crippen molar-refractivity contribution in [3.8, 4) is 5.95 Å². The van der Waals surface area contributed by atoms with E-state index in [-0.39, 0.29) is 5.95 Å². The molecule has 9 heteroatoms. The van der Waals surface area contributed by atoms with Crippen LogP contribution < -0.4 is 16.6 Å². The summed E-state index contributed by atoms with van der Waals surface area (Å²) >= 11 is 0. The molecule has 2 aromatic rings. The quantitative estimate of drug-likeness (QED) is 0.471. The fraction of sp³-hybridized carbons (Fsp3) is 0.375. The van der Waals surface area contributed by atoms with E-state index in [4.69, 9.17) is 5.84 Å². The highest BCUT2D eigenvalue weighted by molar-refractivity contribution is 5.36. The second-order valence-corrected chi connectivity index (χ2v) is 3.19. The van der Waals surface area contributed by atoms with Gasteiger partial charge in [0.2, 0.25) is 11.9 Å². The maximum atomic E-state index is 5.29. The summed E-state index contributed by atoms with van der Waals surface area (Å²) in [6, 6.07) is 0. The Labute approximate surface area is 97.5 Å². The van der Waals surface area contributed by atoms with Gasteiger partial charge in [-0.2, -0.15) is 24.7 Å². The van der Waals surface area contributed by atoms with Crippen molar-refractivity contribution < 1.29 is 0 Å². The van der Waals surface area contributed by atoms with Crippen LogP contribution in [0.5, 0.6) is 0 Å². The molecule has 0 atom stereocenters. The number of hydrogen-bond acceptors (Lipinski definition) is 8. The summed E-state index contributed by atoms with van der Waals surface area (Å²) < 4.78 is 1.43. The van der Waals surface area contributed by atoms with Gasteiger partial charge in [-0.1, -0.05) is 6.92 Å². The van der Waals surface area contributed by atoms with Crippen LogP contribution in [0.2, 0.25) is 0 Å². The van der Waals surface area contributed by atoms with E-state index in [1.165, 1.54) is 17.3 Å². The third-order valence-electron chi connectivity index (χ3n) is 1.91. The number of hydrogen-bond donors (Lipinski definition) is 3. The fourth-order valence-corrected chi connectivity index (χ4v) is 1.16. The fourth-order valence-electron chi connectivity index (χ4n) is 1.16. The van der Waals surface area contributed by atoms with Crippen LogP contribution in [-0.4, -0.2) is 36.3 Å². The highest BCUT2D eigenvalue weighted by Crippen LogP contribution is 2.07. The van der Waals surface area contributed by atoms with E-state index in [1.54, 1.807) is 0 Å². The van der Waals surface area contributed by atoms with Gasteiger partial charge in [0, 0.05) is 6.54 Å². The van der Waals surface area contributed by atoms with Gasteiger partial charge in [-0.15, -0.1) is 0 Å². The molecule has 0 aliphatic heterocycles. The molecule has 4 N–H and O–H groups in total. The lowest BCUT2D eigenvalue weighted by atomic mass is 10.5. The van der Waals surface area contributed by atoms with Crippen molar-refractivity contribution in [2.75, 3.05) is 17.3 Å². The van der Waals surface area contributed by atoms with Gasteiger partial charge in [0.05, 0.1) is 0 Å². The Bertz CT molecular complexity index is 466. The molecule has 0 aromatic carbocycles. The van der Waals surface area contributed by atoms with Crippen molar-refractivity contribution in [1.82, 2.24) is 29.7 Å². The Balaban J connectivity index is 2.32. The number of rotatable bonds is 5. The number of hydrazine groups is 1. The second-order valence-electron chi connectivity index (χ2n) is 3.19. The molecule has 0 radical (unpaired) electrons. The molecule has 9 nitrogen and oxygen atoms in total. The molecule has 0 aliphatic carbocycles. The predicted molar refractivity (Wildman–Crippen MR) is 61.3 cm³/mol. The minimum Gasteiger partial charge on any atom is -0.354 e. The predicted octanol–water partition coefficient (Wildman–Crippen LogP) is -0.440. The third-order valence-corrected chi connectivity index (χ3v) is 1.91. The summed E-state index contributed by atoms with van der Waals surface area (Å²) in [5.74, 6) is 6.36. The van der Waals surface area contributed by atoms with Gasteiger partial charge in [-0.05, 0) is 6.42 Å². The van der Waals surface area contributed by atoms with Gasteiger partial charge in [-0.25, -0.2) is 10.8 Å². The van der Waals surface area contributed by atoms with Crippen LogP contribution in [0.4, 0.5) is 11.9 Å². The van der Waals surface area contributed by atoms with Crippen molar-refractivity contribution >= 4 is 11.9 Å². The molecular formula is C8H13N9. The third kappa shape index (κ3) is 2.64. The molecule has 2 heterocycles. The highest BCUT2D eigenvalue weighted by atomic mass is 15.4. The van der Waals surface area contributed by atoms with Crippen molar-refractivity contribution in [2.24, 2.45) is 5.84 Å². The molecule has 90 valence electrons. The minimum absolute atomic E-state index is 0.268. The summed E-state index contributed by atoms with van der Waals surface area (Å²) in [4.78, 5) is 16.2. The number of anilines is 2. The number of nitrogens with zero attached hydrogens (tertiary/aromatic N) is 6. The van der Waals surface area contributed by atoms with E-state index >= 15 is 0 Å². The number of aromatic nitrogens is 6. The van der Waals surface area contributed by atoms with E-state index < -0.39 is 0 Å². The number of nitrogens with two attached hydrogens (primary N) is 1. The Kier molecular flexibility index (Phi) is 3.40.